The molecule has 2 N–H and O–H groups in total. The van der Waals surface area contributed by atoms with Crippen LogP contribution >= 0.6 is 0 Å². The molecule has 0 amide bonds. The fourth-order valence-corrected chi connectivity index (χ4v) is 1.24. The van der Waals surface area contributed by atoms with Gasteiger partial charge in [0.1, 0.15) is 12.4 Å². The summed E-state index contributed by atoms with van der Waals surface area (Å²) in [4.78, 5) is 11.5. The zero-order chi connectivity index (χ0) is 12.7. The van der Waals surface area contributed by atoms with Crippen LogP contribution in [0.25, 0.3) is 0 Å². The van der Waals surface area contributed by atoms with E-state index in [2.05, 4.69) is 0 Å². The van der Waals surface area contributed by atoms with Gasteiger partial charge in [0.25, 0.3) is 0 Å². The van der Waals surface area contributed by atoms with Crippen molar-refractivity contribution in [3.05, 3.63) is 29.6 Å². The summed E-state index contributed by atoms with van der Waals surface area (Å²) in [7, 11) is 0. The highest BCUT2D eigenvalue weighted by atomic mass is 19.1. The average molecular weight is 241 g/mol. The third-order valence-electron chi connectivity index (χ3n) is 2.04. The molecule has 94 valence electrons. The molecule has 0 saturated heterocycles. The van der Waals surface area contributed by atoms with Gasteiger partial charge in [0.15, 0.2) is 0 Å². The summed E-state index contributed by atoms with van der Waals surface area (Å²) in [6.45, 7) is 3.14. The van der Waals surface area contributed by atoms with E-state index >= 15 is 0 Å². The Balaban J connectivity index is 2.42. The van der Waals surface area contributed by atoms with Gasteiger partial charge in [0.2, 0.25) is 0 Å². The van der Waals surface area contributed by atoms with Gasteiger partial charge in [-0.2, -0.15) is 0 Å². The highest BCUT2D eigenvalue weighted by Gasteiger charge is 2.11. The molecule has 1 aromatic carbocycles. The summed E-state index contributed by atoms with van der Waals surface area (Å²) in [6, 6.07) is 3.56. The monoisotopic (exact) mass is 241 g/mol. The van der Waals surface area contributed by atoms with Crippen molar-refractivity contribution < 1.29 is 18.7 Å². The lowest BCUT2D eigenvalue weighted by atomic mass is 10.2. The second-order valence-electron chi connectivity index (χ2n) is 3.48. The van der Waals surface area contributed by atoms with Crippen LogP contribution in [0.5, 0.6) is 0 Å². The minimum atomic E-state index is -0.567. The molecule has 0 fully saturated rings. The molecule has 0 bridgehead atoms. The van der Waals surface area contributed by atoms with E-state index in [1.807, 2.05) is 6.92 Å². The summed E-state index contributed by atoms with van der Waals surface area (Å²) in [5, 5.41) is 0. The minimum Gasteiger partial charge on any atom is -0.460 e. The van der Waals surface area contributed by atoms with Crippen molar-refractivity contribution >= 4 is 11.7 Å². The third-order valence-corrected chi connectivity index (χ3v) is 2.04. The van der Waals surface area contributed by atoms with Gasteiger partial charge in [-0.25, -0.2) is 9.18 Å². The van der Waals surface area contributed by atoms with Crippen LogP contribution in [0.4, 0.5) is 10.1 Å². The zero-order valence-corrected chi connectivity index (χ0v) is 9.74. The molecule has 0 atom stereocenters. The van der Waals surface area contributed by atoms with Gasteiger partial charge < -0.3 is 15.2 Å². The Morgan fingerprint density at radius 2 is 2.12 bits per heavy atom. The van der Waals surface area contributed by atoms with Crippen molar-refractivity contribution in [3.8, 4) is 0 Å². The first-order chi connectivity index (χ1) is 8.15. The fraction of sp³-hybridized carbons (Fsp3) is 0.417. The van der Waals surface area contributed by atoms with Crippen LogP contribution in [0, 0.1) is 5.82 Å². The molecule has 0 aliphatic rings. The van der Waals surface area contributed by atoms with Gasteiger partial charge in [-0.1, -0.05) is 6.92 Å². The molecular formula is C12H16FNO3. The van der Waals surface area contributed by atoms with E-state index in [1.165, 1.54) is 12.1 Å². The lowest BCUT2D eigenvalue weighted by Crippen LogP contribution is -2.12. The second kappa shape index (κ2) is 6.85. The Labute approximate surface area is 99.5 Å². The number of carbonyl (C=O) groups excluding carboxylic acids is 1. The molecule has 1 aromatic rings. The Morgan fingerprint density at radius 3 is 2.76 bits per heavy atom. The largest absolute Gasteiger partial charge is 0.460 e. The number of rotatable bonds is 6. The van der Waals surface area contributed by atoms with E-state index in [-0.39, 0.29) is 17.9 Å². The van der Waals surface area contributed by atoms with Crippen molar-refractivity contribution in [1.82, 2.24) is 0 Å². The van der Waals surface area contributed by atoms with Gasteiger partial charge in [-0.3, -0.25) is 0 Å². The van der Waals surface area contributed by atoms with Crippen molar-refractivity contribution in [2.24, 2.45) is 0 Å². The normalized spacial score (nSPS) is 10.2. The highest BCUT2D eigenvalue weighted by Crippen LogP contribution is 2.14. The fourth-order valence-electron chi connectivity index (χ4n) is 1.24. The van der Waals surface area contributed by atoms with E-state index in [9.17, 15) is 9.18 Å². The first-order valence-electron chi connectivity index (χ1n) is 5.45. The number of hydrogen-bond donors (Lipinski definition) is 1. The van der Waals surface area contributed by atoms with E-state index in [0.29, 0.717) is 13.2 Å². The lowest BCUT2D eigenvalue weighted by Gasteiger charge is -2.07. The van der Waals surface area contributed by atoms with E-state index in [1.54, 1.807) is 0 Å². The van der Waals surface area contributed by atoms with E-state index in [0.717, 1.165) is 12.5 Å². The number of ether oxygens (including phenoxy) is 2. The zero-order valence-electron chi connectivity index (χ0n) is 9.74. The molecule has 0 aliphatic heterocycles. The van der Waals surface area contributed by atoms with Crippen LogP contribution in [0.2, 0.25) is 0 Å². The Bertz CT molecular complexity index is 382. The molecule has 0 saturated carbocycles. The summed E-state index contributed by atoms with van der Waals surface area (Å²) in [5.74, 6) is -1.05. The van der Waals surface area contributed by atoms with Crippen LogP contribution < -0.4 is 5.73 Å². The number of nitrogen functional groups attached to an aromatic ring is 1. The SMILES string of the molecule is CCCOCCOC(=O)c1ccc(F)cc1N. The smallest absolute Gasteiger partial charge is 0.340 e. The maximum atomic E-state index is 12.8. The molecule has 0 unspecified atom stereocenters. The summed E-state index contributed by atoms with van der Waals surface area (Å²) >= 11 is 0. The Hall–Kier alpha value is -1.62. The molecule has 1 rings (SSSR count). The highest BCUT2D eigenvalue weighted by molar-refractivity contribution is 5.94. The van der Waals surface area contributed by atoms with Gasteiger partial charge >= 0.3 is 5.97 Å². The molecule has 4 nitrogen and oxygen atoms in total. The van der Waals surface area contributed by atoms with Gasteiger partial charge in [-0.15, -0.1) is 0 Å². The minimum absolute atomic E-state index is 0.0736. The van der Waals surface area contributed by atoms with Crippen molar-refractivity contribution in [3.63, 3.8) is 0 Å². The molecule has 0 aromatic heterocycles. The molecule has 17 heavy (non-hydrogen) atoms. The number of halogens is 1. The summed E-state index contributed by atoms with van der Waals surface area (Å²) < 4.78 is 22.8. The van der Waals surface area contributed by atoms with Crippen LogP contribution in [-0.2, 0) is 9.47 Å². The third kappa shape index (κ3) is 4.40. The van der Waals surface area contributed by atoms with E-state index < -0.39 is 11.8 Å². The average Bonchev–Trinajstić information content (AvgIpc) is 2.28. The van der Waals surface area contributed by atoms with E-state index in [4.69, 9.17) is 15.2 Å². The molecular weight excluding hydrogens is 225 g/mol. The van der Waals surface area contributed by atoms with Gasteiger partial charge in [0.05, 0.1) is 12.2 Å². The molecule has 0 spiro atoms. The van der Waals surface area contributed by atoms with Crippen LogP contribution in [0.1, 0.15) is 23.7 Å². The standard InChI is InChI=1S/C12H16FNO3/c1-2-5-16-6-7-17-12(15)10-4-3-9(13)8-11(10)14/h3-4,8H,2,5-7,14H2,1H3. The number of carbonyl (C=O) groups is 1. The summed E-state index contributed by atoms with van der Waals surface area (Å²) in [6.07, 6.45) is 0.916. The predicted octanol–water partition coefficient (Wildman–Crippen LogP) is 1.99. The number of hydrogen-bond acceptors (Lipinski definition) is 4. The predicted molar refractivity (Wildman–Crippen MR) is 62.2 cm³/mol. The maximum absolute atomic E-state index is 12.8. The quantitative estimate of drug-likeness (QED) is 0.470. The van der Waals surface area contributed by atoms with Gasteiger partial charge in [0, 0.05) is 12.3 Å². The second-order valence-corrected chi connectivity index (χ2v) is 3.48. The Morgan fingerprint density at radius 1 is 1.35 bits per heavy atom. The van der Waals surface area contributed by atoms with Crippen molar-refractivity contribution in [2.75, 3.05) is 25.6 Å². The number of nitrogens with two attached hydrogens (primary N) is 1. The summed E-state index contributed by atoms with van der Waals surface area (Å²) in [5.41, 5.74) is 5.74. The molecule has 5 heteroatoms. The van der Waals surface area contributed by atoms with Crippen LogP contribution in [0.3, 0.4) is 0 Å². The number of esters is 1. The topological polar surface area (TPSA) is 61.5 Å². The first-order valence-corrected chi connectivity index (χ1v) is 5.45. The molecule has 0 radical (unpaired) electrons. The van der Waals surface area contributed by atoms with Crippen molar-refractivity contribution in [1.29, 1.82) is 0 Å². The number of benzene rings is 1. The van der Waals surface area contributed by atoms with Crippen molar-refractivity contribution in [2.45, 2.75) is 13.3 Å². The van der Waals surface area contributed by atoms with Crippen LogP contribution in [0.15, 0.2) is 18.2 Å². The first kappa shape index (κ1) is 13.4. The molecule has 0 heterocycles. The van der Waals surface area contributed by atoms with Gasteiger partial charge in [-0.05, 0) is 24.6 Å². The molecule has 0 aliphatic carbocycles. The number of anilines is 1. The maximum Gasteiger partial charge on any atom is 0.340 e. The van der Waals surface area contributed by atoms with Crippen LogP contribution in [-0.4, -0.2) is 25.8 Å². The lowest BCUT2D eigenvalue weighted by molar-refractivity contribution is 0.0319. The Kier molecular flexibility index (Phi) is 5.42.